The predicted octanol–water partition coefficient (Wildman–Crippen LogP) is 0.999. The minimum absolute atomic E-state index is 0. The van der Waals surface area contributed by atoms with Crippen LogP contribution in [0.5, 0.6) is 0 Å². The Kier molecular flexibility index (Phi) is 3.31. The molecule has 2 rings (SSSR count). The second-order valence-corrected chi connectivity index (χ2v) is 4.81. The molecule has 1 aromatic rings. The van der Waals surface area contributed by atoms with Crippen LogP contribution in [0.25, 0.3) is 0 Å². The Balaban J connectivity index is 0.00000112. The van der Waals surface area contributed by atoms with E-state index < -0.39 is 0 Å². The fourth-order valence-corrected chi connectivity index (χ4v) is 1.81. The zero-order chi connectivity index (χ0) is 10.3. The molecule has 4 nitrogen and oxygen atoms in total. The molecule has 0 saturated carbocycles. The van der Waals surface area contributed by atoms with Gasteiger partial charge in [-0.2, -0.15) is 0 Å². The maximum atomic E-state index is 12.0. The second-order valence-electron chi connectivity index (χ2n) is 4.81. The molecule has 1 aliphatic heterocycles. The molecular formula is C10H18ClN3O. The Morgan fingerprint density at radius 2 is 2.00 bits per heavy atom. The van der Waals surface area contributed by atoms with Crippen LogP contribution in [0, 0.1) is 0 Å². The minimum Gasteiger partial charge on any atom is -0.312 e. The summed E-state index contributed by atoms with van der Waals surface area (Å²) in [4.78, 5) is 12.0. The summed E-state index contributed by atoms with van der Waals surface area (Å²) < 4.78 is 1.73. The van der Waals surface area contributed by atoms with Gasteiger partial charge in [-0.15, -0.1) is 12.4 Å². The van der Waals surface area contributed by atoms with Crippen molar-refractivity contribution in [2.75, 3.05) is 6.54 Å². The molecule has 0 amide bonds. The van der Waals surface area contributed by atoms with Gasteiger partial charge in [0, 0.05) is 25.2 Å². The minimum atomic E-state index is -0.158. The van der Waals surface area contributed by atoms with Crippen molar-refractivity contribution < 1.29 is 0 Å². The van der Waals surface area contributed by atoms with Crippen LogP contribution in [0.1, 0.15) is 32.0 Å². The van der Waals surface area contributed by atoms with E-state index in [1.165, 1.54) is 0 Å². The lowest BCUT2D eigenvalue weighted by molar-refractivity contribution is 0.343. The number of rotatable bonds is 0. The highest BCUT2D eigenvalue weighted by Gasteiger charge is 2.23. The van der Waals surface area contributed by atoms with Crippen LogP contribution in [-0.2, 0) is 18.5 Å². The summed E-state index contributed by atoms with van der Waals surface area (Å²) in [6.07, 6.45) is 0.924. The number of aromatic nitrogens is 2. The molecule has 2 N–H and O–H groups in total. The quantitative estimate of drug-likeness (QED) is 0.700. The molecule has 0 atom stereocenters. The summed E-state index contributed by atoms with van der Waals surface area (Å²) >= 11 is 0. The molecule has 0 aromatic carbocycles. The maximum Gasteiger partial charge on any atom is 0.271 e. The third-order valence-corrected chi connectivity index (χ3v) is 2.60. The second kappa shape index (κ2) is 4.02. The van der Waals surface area contributed by atoms with E-state index >= 15 is 0 Å². The Labute approximate surface area is 95.5 Å². The van der Waals surface area contributed by atoms with Crippen LogP contribution in [0.2, 0.25) is 0 Å². The van der Waals surface area contributed by atoms with E-state index in [-0.39, 0.29) is 23.5 Å². The van der Waals surface area contributed by atoms with Crippen LogP contribution in [0.4, 0.5) is 0 Å². The van der Waals surface area contributed by atoms with Crippen molar-refractivity contribution >= 4 is 12.4 Å². The molecule has 0 bridgehead atoms. The van der Waals surface area contributed by atoms with E-state index in [1.807, 2.05) is 20.8 Å². The van der Waals surface area contributed by atoms with E-state index in [0.29, 0.717) is 6.54 Å². The lowest BCUT2D eigenvalue weighted by Crippen LogP contribution is -2.34. The molecule has 0 unspecified atom stereocenters. The Morgan fingerprint density at radius 1 is 1.33 bits per heavy atom. The fraction of sp³-hybridized carbons (Fsp3) is 0.700. The molecule has 0 saturated heterocycles. The molecule has 15 heavy (non-hydrogen) atoms. The van der Waals surface area contributed by atoms with Gasteiger partial charge >= 0.3 is 0 Å². The Bertz CT molecular complexity index is 400. The van der Waals surface area contributed by atoms with E-state index in [2.05, 4.69) is 10.4 Å². The van der Waals surface area contributed by atoms with Gasteiger partial charge in [0.2, 0.25) is 0 Å². The SMILES string of the molecule is CC(C)(C)n1[nH]c2c(c1=O)CNCC2.Cl. The van der Waals surface area contributed by atoms with Crippen molar-refractivity contribution in [1.29, 1.82) is 0 Å². The average Bonchev–Trinajstić information content (AvgIpc) is 2.44. The van der Waals surface area contributed by atoms with Gasteiger partial charge in [-0.25, -0.2) is 4.68 Å². The summed E-state index contributed by atoms with van der Waals surface area (Å²) in [5, 5.41) is 6.42. The standard InChI is InChI=1S/C10H17N3O.ClH/c1-10(2,3)13-9(14)7-6-11-5-4-8(7)12-13;/h11-12H,4-6H2,1-3H3;1H. The number of nitrogens with zero attached hydrogens (tertiary/aromatic N) is 1. The van der Waals surface area contributed by atoms with Gasteiger partial charge in [0.05, 0.1) is 11.1 Å². The summed E-state index contributed by atoms with van der Waals surface area (Å²) in [6, 6.07) is 0. The molecule has 0 spiro atoms. The van der Waals surface area contributed by atoms with Gasteiger partial charge in [-0.3, -0.25) is 9.89 Å². The van der Waals surface area contributed by atoms with Crippen LogP contribution >= 0.6 is 12.4 Å². The third kappa shape index (κ3) is 2.11. The molecule has 2 heterocycles. The summed E-state index contributed by atoms with van der Waals surface area (Å²) in [7, 11) is 0. The highest BCUT2D eigenvalue weighted by molar-refractivity contribution is 5.85. The summed E-state index contributed by atoms with van der Waals surface area (Å²) in [5.41, 5.74) is 1.98. The van der Waals surface area contributed by atoms with Crippen molar-refractivity contribution in [2.45, 2.75) is 39.3 Å². The largest absolute Gasteiger partial charge is 0.312 e. The van der Waals surface area contributed by atoms with Crippen molar-refractivity contribution in [1.82, 2.24) is 15.1 Å². The van der Waals surface area contributed by atoms with E-state index in [4.69, 9.17) is 0 Å². The fourth-order valence-electron chi connectivity index (χ4n) is 1.81. The van der Waals surface area contributed by atoms with Gasteiger partial charge < -0.3 is 5.32 Å². The number of aromatic amines is 1. The van der Waals surface area contributed by atoms with Crippen LogP contribution < -0.4 is 10.9 Å². The number of hydrogen-bond donors (Lipinski definition) is 2. The number of halogens is 1. The number of nitrogens with one attached hydrogen (secondary N) is 2. The Hall–Kier alpha value is -0.740. The zero-order valence-corrected chi connectivity index (χ0v) is 10.2. The maximum absolute atomic E-state index is 12.0. The highest BCUT2D eigenvalue weighted by Crippen LogP contribution is 2.13. The molecule has 0 fully saturated rings. The highest BCUT2D eigenvalue weighted by atomic mass is 35.5. The topological polar surface area (TPSA) is 49.8 Å². The lowest BCUT2D eigenvalue weighted by atomic mass is 10.1. The van der Waals surface area contributed by atoms with Gasteiger partial charge in [-0.05, 0) is 20.8 Å². The zero-order valence-electron chi connectivity index (χ0n) is 9.39. The first kappa shape index (κ1) is 12.3. The van der Waals surface area contributed by atoms with Crippen molar-refractivity contribution in [3.63, 3.8) is 0 Å². The molecule has 5 heteroatoms. The molecule has 1 aromatic heterocycles. The first-order valence-corrected chi connectivity index (χ1v) is 5.04. The third-order valence-electron chi connectivity index (χ3n) is 2.60. The van der Waals surface area contributed by atoms with Crippen LogP contribution in [-0.4, -0.2) is 16.3 Å². The van der Waals surface area contributed by atoms with Gasteiger partial charge in [0.1, 0.15) is 0 Å². The van der Waals surface area contributed by atoms with Crippen LogP contribution in [0.15, 0.2) is 4.79 Å². The molecule has 86 valence electrons. The smallest absolute Gasteiger partial charge is 0.271 e. The summed E-state index contributed by atoms with van der Waals surface area (Å²) in [5.74, 6) is 0. The first-order chi connectivity index (χ1) is 6.50. The lowest BCUT2D eigenvalue weighted by Gasteiger charge is -2.19. The van der Waals surface area contributed by atoms with E-state index in [1.54, 1.807) is 4.68 Å². The van der Waals surface area contributed by atoms with E-state index in [9.17, 15) is 4.79 Å². The van der Waals surface area contributed by atoms with Gasteiger partial charge in [-0.1, -0.05) is 0 Å². The molecule has 1 aliphatic rings. The van der Waals surface area contributed by atoms with E-state index in [0.717, 1.165) is 24.2 Å². The predicted molar refractivity (Wildman–Crippen MR) is 62.7 cm³/mol. The van der Waals surface area contributed by atoms with Crippen molar-refractivity contribution in [3.8, 4) is 0 Å². The Morgan fingerprint density at radius 3 is 2.53 bits per heavy atom. The molecule has 0 aliphatic carbocycles. The van der Waals surface area contributed by atoms with Crippen molar-refractivity contribution in [3.05, 3.63) is 21.6 Å². The normalized spacial score (nSPS) is 15.7. The molecular weight excluding hydrogens is 214 g/mol. The average molecular weight is 232 g/mol. The van der Waals surface area contributed by atoms with Crippen molar-refractivity contribution in [2.24, 2.45) is 0 Å². The molecule has 0 radical (unpaired) electrons. The number of hydrogen-bond acceptors (Lipinski definition) is 2. The number of fused-ring (bicyclic) bond motifs is 1. The van der Waals surface area contributed by atoms with Crippen LogP contribution in [0.3, 0.4) is 0 Å². The van der Waals surface area contributed by atoms with Gasteiger partial charge in [0.15, 0.2) is 0 Å². The monoisotopic (exact) mass is 231 g/mol. The first-order valence-electron chi connectivity index (χ1n) is 5.04. The van der Waals surface area contributed by atoms with Gasteiger partial charge in [0.25, 0.3) is 5.56 Å². The summed E-state index contributed by atoms with van der Waals surface area (Å²) in [6.45, 7) is 7.75. The number of H-pyrrole nitrogens is 1.